The minimum atomic E-state index is 0.0210. The van der Waals surface area contributed by atoms with E-state index in [2.05, 4.69) is 26.0 Å². The summed E-state index contributed by atoms with van der Waals surface area (Å²) in [7, 11) is 0. The van der Waals surface area contributed by atoms with Crippen molar-refractivity contribution in [2.75, 3.05) is 6.61 Å². The van der Waals surface area contributed by atoms with E-state index in [-0.39, 0.29) is 5.97 Å². The molecular weight excluding hydrogens is 609 g/mol. The quantitative estimate of drug-likeness (QED) is 0.0359. The van der Waals surface area contributed by atoms with Crippen LogP contribution >= 0.6 is 0 Å². The molecule has 0 saturated heterocycles. The summed E-state index contributed by atoms with van der Waals surface area (Å²) >= 11 is 0. The standard InChI is InChI=1S/C48H94O2/c1-3-5-7-9-11-13-15-17-19-20-21-22-23-24-25-26-27-28-29-30-31-33-35-37-39-41-43-45-47-50-48(49)46-44-42-40-38-36-34-32-18-16-14-12-10-8-6-4-2/h18,32H,3-17,19-31,33-47H2,1-2H3. The molecule has 0 aliphatic carbocycles. The van der Waals surface area contributed by atoms with Gasteiger partial charge in [0, 0.05) is 6.42 Å². The van der Waals surface area contributed by atoms with Crippen LogP contribution in [0.2, 0.25) is 0 Å². The normalized spacial score (nSPS) is 11.6. The summed E-state index contributed by atoms with van der Waals surface area (Å²) in [4.78, 5) is 12.0. The predicted molar refractivity (Wildman–Crippen MR) is 225 cm³/mol. The molecule has 0 atom stereocenters. The molecule has 0 aliphatic heterocycles. The van der Waals surface area contributed by atoms with Gasteiger partial charge in [-0.25, -0.2) is 0 Å². The zero-order valence-electron chi connectivity index (χ0n) is 34.9. The fourth-order valence-electron chi connectivity index (χ4n) is 7.37. The van der Waals surface area contributed by atoms with E-state index in [9.17, 15) is 4.79 Å². The van der Waals surface area contributed by atoms with Crippen molar-refractivity contribution in [2.24, 2.45) is 0 Å². The maximum atomic E-state index is 12.0. The molecule has 2 nitrogen and oxygen atoms in total. The summed E-state index contributed by atoms with van der Waals surface area (Å²) in [6, 6.07) is 0. The molecule has 2 heteroatoms. The summed E-state index contributed by atoms with van der Waals surface area (Å²) in [6.07, 6.45) is 62.0. The van der Waals surface area contributed by atoms with Gasteiger partial charge in [-0.1, -0.05) is 251 Å². The van der Waals surface area contributed by atoms with Gasteiger partial charge < -0.3 is 4.74 Å². The molecule has 0 aromatic heterocycles. The predicted octanol–water partition coefficient (Wildman–Crippen LogP) is 17.5. The lowest BCUT2D eigenvalue weighted by atomic mass is 10.0. The molecule has 0 aromatic rings. The van der Waals surface area contributed by atoms with Crippen LogP contribution in [-0.2, 0) is 9.53 Å². The molecule has 0 amide bonds. The number of carbonyl (C=O) groups excluding carboxylic acids is 1. The summed E-state index contributed by atoms with van der Waals surface area (Å²) in [5, 5.41) is 0. The number of ether oxygens (including phenoxy) is 1. The number of esters is 1. The van der Waals surface area contributed by atoms with Gasteiger partial charge >= 0.3 is 5.97 Å². The smallest absolute Gasteiger partial charge is 0.305 e. The van der Waals surface area contributed by atoms with Gasteiger partial charge in [0.15, 0.2) is 0 Å². The van der Waals surface area contributed by atoms with Gasteiger partial charge in [-0.3, -0.25) is 4.79 Å². The molecule has 0 radical (unpaired) electrons. The highest BCUT2D eigenvalue weighted by atomic mass is 16.5. The third-order valence-electron chi connectivity index (χ3n) is 10.9. The highest BCUT2D eigenvalue weighted by molar-refractivity contribution is 5.69. The topological polar surface area (TPSA) is 26.3 Å². The lowest BCUT2D eigenvalue weighted by Gasteiger charge is -2.06. The maximum Gasteiger partial charge on any atom is 0.305 e. The largest absolute Gasteiger partial charge is 0.466 e. The Hall–Kier alpha value is -0.790. The zero-order valence-corrected chi connectivity index (χ0v) is 34.9. The van der Waals surface area contributed by atoms with Gasteiger partial charge in [0.1, 0.15) is 0 Å². The molecule has 50 heavy (non-hydrogen) atoms. The first kappa shape index (κ1) is 49.2. The molecule has 298 valence electrons. The molecule has 0 aromatic carbocycles. The number of hydrogen-bond donors (Lipinski definition) is 0. The molecule has 0 fully saturated rings. The van der Waals surface area contributed by atoms with E-state index >= 15 is 0 Å². The second kappa shape index (κ2) is 46.2. The second-order valence-corrected chi connectivity index (χ2v) is 16.1. The summed E-state index contributed by atoms with van der Waals surface area (Å²) in [5.74, 6) is 0.0210. The van der Waals surface area contributed by atoms with Gasteiger partial charge in [-0.2, -0.15) is 0 Å². The maximum absolute atomic E-state index is 12.0. The van der Waals surface area contributed by atoms with E-state index in [1.165, 1.54) is 244 Å². The molecule has 0 N–H and O–H groups in total. The van der Waals surface area contributed by atoms with Crippen LogP contribution in [-0.4, -0.2) is 12.6 Å². The SMILES string of the molecule is CCCCCCCCC=CCCCCCCCC(=O)OCCCCCCCCCCCCCCCCCCCCCCCCCCCCCC. The van der Waals surface area contributed by atoms with Crippen molar-refractivity contribution in [1.82, 2.24) is 0 Å². The van der Waals surface area contributed by atoms with Crippen LogP contribution in [0.5, 0.6) is 0 Å². The third-order valence-corrected chi connectivity index (χ3v) is 10.9. The third kappa shape index (κ3) is 45.2. The number of rotatable bonds is 44. The van der Waals surface area contributed by atoms with Gasteiger partial charge in [0.2, 0.25) is 0 Å². The molecule has 0 heterocycles. The summed E-state index contributed by atoms with van der Waals surface area (Å²) in [5.41, 5.74) is 0. The summed E-state index contributed by atoms with van der Waals surface area (Å²) in [6.45, 7) is 5.21. The van der Waals surface area contributed by atoms with Gasteiger partial charge in [-0.05, 0) is 38.5 Å². The van der Waals surface area contributed by atoms with Crippen LogP contribution in [0.4, 0.5) is 0 Å². The summed E-state index contributed by atoms with van der Waals surface area (Å²) < 4.78 is 5.47. The number of allylic oxidation sites excluding steroid dienone is 2. The van der Waals surface area contributed by atoms with Crippen LogP contribution in [0.1, 0.15) is 284 Å². The molecule has 0 rings (SSSR count). The Kier molecular flexibility index (Phi) is 45.5. The van der Waals surface area contributed by atoms with Crippen LogP contribution in [0, 0.1) is 0 Å². The van der Waals surface area contributed by atoms with E-state index < -0.39 is 0 Å². The monoisotopic (exact) mass is 703 g/mol. The van der Waals surface area contributed by atoms with Gasteiger partial charge in [-0.15, -0.1) is 0 Å². The van der Waals surface area contributed by atoms with Crippen LogP contribution in [0.25, 0.3) is 0 Å². The molecule has 0 aliphatic rings. The van der Waals surface area contributed by atoms with Gasteiger partial charge in [0.25, 0.3) is 0 Å². The van der Waals surface area contributed by atoms with Crippen LogP contribution in [0.3, 0.4) is 0 Å². The Labute approximate surface area is 316 Å². The molecule has 0 bridgehead atoms. The Bertz CT molecular complexity index is 640. The van der Waals surface area contributed by atoms with E-state index in [0.29, 0.717) is 13.0 Å². The first-order chi connectivity index (χ1) is 24.8. The van der Waals surface area contributed by atoms with Gasteiger partial charge in [0.05, 0.1) is 6.61 Å². The highest BCUT2D eigenvalue weighted by Crippen LogP contribution is 2.17. The Morgan fingerprint density at radius 2 is 0.560 bits per heavy atom. The van der Waals surface area contributed by atoms with Crippen molar-refractivity contribution in [1.29, 1.82) is 0 Å². The first-order valence-corrected chi connectivity index (χ1v) is 23.6. The number of hydrogen-bond acceptors (Lipinski definition) is 2. The molecule has 0 spiro atoms. The fraction of sp³-hybridized carbons (Fsp3) is 0.938. The minimum Gasteiger partial charge on any atom is -0.466 e. The zero-order chi connectivity index (χ0) is 36.1. The molecular formula is C48H94O2. The average Bonchev–Trinajstić information content (AvgIpc) is 3.12. The minimum absolute atomic E-state index is 0.0210. The van der Waals surface area contributed by atoms with E-state index in [1.807, 2.05) is 0 Å². The Balaban J connectivity index is 3.15. The van der Waals surface area contributed by atoms with Crippen molar-refractivity contribution in [3.8, 4) is 0 Å². The van der Waals surface area contributed by atoms with E-state index in [4.69, 9.17) is 4.74 Å². The first-order valence-electron chi connectivity index (χ1n) is 23.6. The van der Waals surface area contributed by atoms with E-state index in [0.717, 1.165) is 19.3 Å². The highest BCUT2D eigenvalue weighted by Gasteiger charge is 2.03. The Morgan fingerprint density at radius 1 is 0.320 bits per heavy atom. The lowest BCUT2D eigenvalue weighted by molar-refractivity contribution is -0.143. The number of unbranched alkanes of at least 4 members (excludes halogenated alkanes) is 38. The van der Waals surface area contributed by atoms with Crippen molar-refractivity contribution >= 4 is 5.97 Å². The molecule has 0 saturated carbocycles. The average molecular weight is 703 g/mol. The van der Waals surface area contributed by atoms with Crippen molar-refractivity contribution < 1.29 is 9.53 Å². The lowest BCUT2D eigenvalue weighted by Crippen LogP contribution is -2.05. The fourth-order valence-corrected chi connectivity index (χ4v) is 7.37. The van der Waals surface area contributed by atoms with Crippen molar-refractivity contribution in [2.45, 2.75) is 284 Å². The molecule has 0 unspecified atom stereocenters. The van der Waals surface area contributed by atoms with Crippen molar-refractivity contribution in [3.63, 3.8) is 0 Å². The van der Waals surface area contributed by atoms with E-state index in [1.54, 1.807) is 0 Å². The number of carbonyl (C=O) groups is 1. The second-order valence-electron chi connectivity index (χ2n) is 16.1. The Morgan fingerprint density at radius 3 is 0.860 bits per heavy atom. The van der Waals surface area contributed by atoms with Crippen LogP contribution in [0.15, 0.2) is 12.2 Å². The van der Waals surface area contributed by atoms with Crippen molar-refractivity contribution in [3.05, 3.63) is 12.2 Å². The van der Waals surface area contributed by atoms with Crippen LogP contribution < -0.4 is 0 Å².